The fourth-order valence-electron chi connectivity index (χ4n) is 3.28. The minimum Gasteiger partial charge on any atom is -0.491 e. The van der Waals surface area contributed by atoms with Gasteiger partial charge in [-0.25, -0.2) is 4.98 Å². The van der Waals surface area contributed by atoms with Crippen molar-refractivity contribution in [1.29, 1.82) is 0 Å². The Morgan fingerprint density at radius 2 is 2.07 bits per heavy atom. The Labute approximate surface area is 179 Å². The van der Waals surface area contributed by atoms with E-state index < -0.39 is 5.79 Å². The molecule has 4 rings (SSSR count). The summed E-state index contributed by atoms with van der Waals surface area (Å²) >= 11 is 12.6. The van der Waals surface area contributed by atoms with E-state index in [2.05, 4.69) is 10.3 Å². The lowest BCUT2D eigenvalue weighted by Crippen LogP contribution is -2.34. The first-order chi connectivity index (χ1) is 14.1. The zero-order valence-corrected chi connectivity index (χ0v) is 17.4. The van der Waals surface area contributed by atoms with E-state index in [-0.39, 0.29) is 6.10 Å². The molecule has 0 aliphatic carbocycles. The fraction of sp³-hybridized carbons (Fsp3) is 0.286. The van der Waals surface area contributed by atoms with Crippen molar-refractivity contribution in [3.63, 3.8) is 0 Å². The van der Waals surface area contributed by atoms with Crippen molar-refractivity contribution in [2.75, 3.05) is 25.6 Å². The molecule has 1 fully saturated rings. The standard InChI is InChI=1S/C21H21Cl2N3O3/c1-24-16-3-5-17(6-4-16)27-11-18-12-28-21(29-18,13-26-9-8-25-14-26)19-7-2-15(22)10-20(19)23/h2-10,14,18,24H,11-13H2,1H3/t18-,21-/m1/s1. The van der Waals surface area contributed by atoms with Gasteiger partial charge in [0, 0.05) is 35.7 Å². The minimum atomic E-state index is -1.05. The highest BCUT2D eigenvalue weighted by Gasteiger charge is 2.45. The van der Waals surface area contributed by atoms with Crippen LogP contribution in [-0.2, 0) is 21.8 Å². The van der Waals surface area contributed by atoms with Crippen molar-refractivity contribution in [3.8, 4) is 5.75 Å². The smallest absolute Gasteiger partial charge is 0.215 e. The minimum absolute atomic E-state index is 0.255. The Bertz CT molecular complexity index is 950. The van der Waals surface area contributed by atoms with Crippen molar-refractivity contribution < 1.29 is 14.2 Å². The molecule has 0 radical (unpaired) electrons. The fourth-order valence-corrected chi connectivity index (χ4v) is 3.83. The highest BCUT2D eigenvalue weighted by atomic mass is 35.5. The first-order valence-corrected chi connectivity index (χ1v) is 9.97. The highest BCUT2D eigenvalue weighted by Crippen LogP contribution is 2.40. The average molecular weight is 434 g/mol. The molecule has 0 spiro atoms. The predicted octanol–water partition coefficient (Wildman–Crippen LogP) is 4.58. The third-order valence-corrected chi connectivity index (χ3v) is 5.28. The van der Waals surface area contributed by atoms with Crippen molar-refractivity contribution in [1.82, 2.24) is 9.55 Å². The van der Waals surface area contributed by atoms with Gasteiger partial charge in [0.25, 0.3) is 0 Å². The number of anilines is 1. The second-order valence-corrected chi connectivity index (χ2v) is 7.59. The third-order valence-electron chi connectivity index (χ3n) is 4.73. The summed E-state index contributed by atoms with van der Waals surface area (Å²) in [5.41, 5.74) is 1.74. The number of ether oxygens (including phenoxy) is 3. The van der Waals surface area contributed by atoms with E-state index in [1.54, 1.807) is 24.7 Å². The molecule has 2 atom stereocenters. The van der Waals surface area contributed by atoms with E-state index in [9.17, 15) is 0 Å². The van der Waals surface area contributed by atoms with Crippen molar-refractivity contribution in [2.24, 2.45) is 0 Å². The Hall–Kier alpha value is -2.25. The molecule has 1 aliphatic rings. The van der Waals surface area contributed by atoms with Crippen molar-refractivity contribution >= 4 is 28.9 Å². The first-order valence-electron chi connectivity index (χ1n) is 9.22. The Kier molecular flexibility index (Phi) is 5.96. The summed E-state index contributed by atoms with van der Waals surface area (Å²) in [5.74, 6) is -0.281. The van der Waals surface area contributed by atoms with E-state index in [0.29, 0.717) is 29.8 Å². The number of rotatable bonds is 7. The van der Waals surface area contributed by atoms with Crippen LogP contribution in [0.15, 0.2) is 61.2 Å². The number of imidazole rings is 1. The van der Waals surface area contributed by atoms with Crippen LogP contribution in [0.4, 0.5) is 5.69 Å². The molecule has 6 nitrogen and oxygen atoms in total. The van der Waals surface area contributed by atoms with Crippen LogP contribution in [-0.4, -0.2) is 35.9 Å². The topological polar surface area (TPSA) is 57.5 Å². The van der Waals surface area contributed by atoms with Gasteiger partial charge in [0.2, 0.25) is 5.79 Å². The summed E-state index contributed by atoms with van der Waals surface area (Å²) in [4.78, 5) is 4.10. The van der Waals surface area contributed by atoms with Gasteiger partial charge in [-0.2, -0.15) is 0 Å². The number of hydrogen-bond donors (Lipinski definition) is 1. The van der Waals surface area contributed by atoms with Gasteiger partial charge in [0.1, 0.15) is 18.5 Å². The summed E-state index contributed by atoms with van der Waals surface area (Å²) in [7, 11) is 1.88. The van der Waals surface area contributed by atoms with Crippen LogP contribution in [0.3, 0.4) is 0 Å². The molecule has 1 saturated heterocycles. The van der Waals surface area contributed by atoms with Crippen molar-refractivity contribution in [2.45, 2.75) is 18.4 Å². The van der Waals surface area contributed by atoms with Crippen molar-refractivity contribution in [3.05, 3.63) is 76.8 Å². The van der Waals surface area contributed by atoms with Gasteiger partial charge >= 0.3 is 0 Å². The van der Waals surface area contributed by atoms with E-state index in [0.717, 1.165) is 17.0 Å². The van der Waals surface area contributed by atoms with E-state index in [1.807, 2.05) is 48.1 Å². The van der Waals surface area contributed by atoms with E-state index in [1.165, 1.54) is 0 Å². The molecule has 3 aromatic rings. The molecule has 0 amide bonds. The van der Waals surface area contributed by atoms with Crippen LogP contribution in [0.1, 0.15) is 5.56 Å². The summed E-state index contributed by atoms with van der Waals surface area (Å²) in [6, 6.07) is 13.0. The molecule has 1 aromatic heterocycles. The highest BCUT2D eigenvalue weighted by molar-refractivity contribution is 6.35. The zero-order valence-electron chi connectivity index (χ0n) is 15.8. The summed E-state index contributed by atoms with van der Waals surface area (Å²) in [6.45, 7) is 1.14. The Morgan fingerprint density at radius 1 is 1.24 bits per heavy atom. The Morgan fingerprint density at radius 3 is 2.76 bits per heavy atom. The molecular formula is C21H21Cl2N3O3. The zero-order chi connectivity index (χ0) is 20.3. The lowest BCUT2D eigenvalue weighted by atomic mass is 10.1. The second-order valence-electron chi connectivity index (χ2n) is 6.75. The summed E-state index contributed by atoms with van der Waals surface area (Å²) in [6.07, 6.45) is 5.02. The van der Waals surface area contributed by atoms with Gasteiger partial charge in [-0.1, -0.05) is 29.3 Å². The quantitative estimate of drug-likeness (QED) is 0.590. The Balaban J connectivity index is 1.51. The molecule has 8 heteroatoms. The predicted molar refractivity (Wildman–Crippen MR) is 113 cm³/mol. The molecule has 2 aromatic carbocycles. The average Bonchev–Trinajstić information content (AvgIpc) is 3.37. The van der Waals surface area contributed by atoms with Crippen LogP contribution in [0, 0.1) is 0 Å². The largest absolute Gasteiger partial charge is 0.491 e. The first kappa shape index (κ1) is 20.0. The summed E-state index contributed by atoms with van der Waals surface area (Å²) < 4.78 is 20.3. The number of hydrogen-bond acceptors (Lipinski definition) is 5. The van der Waals surface area contributed by atoms with Crippen LogP contribution >= 0.6 is 23.2 Å². The van der Waals surface area contributed by atoms with Gasteiger partial charge in [-0.15, -0.1) is 0 Å². The number of benzene rings is 2. The number of halogens is 2. The monoisotopic (exact) mass is 433 g/mol. The van der Waals surface area contributed by atoms with Crippen LogP contribution in [0.25, 0.3) is 0 Å². The van der Waals surface area contributed by atoms with E-state index in [4.69, 9.17) is 37.4 Å². The molecular weight excluding hydrogens is 413 g/mol. The number of aromatic nitrogens is 2. The normalized spacial score (nSPS) is 21.3. The number of nitrogens with zero attached hydrogens (tertiary/aromatic N) is 2. The SMILES string of the molecule is CNc1ccc(OC[C@@H]2CO[C@@](Cn3ccnc3)(c3ccc(Cl)cc3Cl)O2)cc1. The van der Waals surface area contributed by atoms with Gasteiger partial charge < -0.3 is 24.1 Å². The van der Waals surface area contributed by atoms with E-state index >= 15 is 0 Å². The second kappa shape index (κ2) is 8.63. The number of nitrogens with one attached hydrogen (secondary N) is 1. The maximum atomic E-state index is 6.48. The molecule has 1 aliphatic heterocycles. The maximum Gasteiger partial charge on any atom is 0.215 e. The van der Waals surface area contributed by atoms with Gasteiger partial charge in [0.05, 0.1) is 24.5 Å². The third kappa shape index (κ3) is 4.51. The van der Waals surface area contributed by atoms with Gasteiger partial charge in [0.15, 0.2) is 0 Å². The van der Waals surface area contributed by atoms with Gasteiger partial charge in [-0.3, -0.25) is 0 Å². The molecule has 2 heterocycles. The molecule has 1 N–H and O–H groups in total. The molecule has 29 heavy (non-hydrogen) atoms. The molecule has 0 bridgehead atoms. The molecule has 0 unspecified atom stereocenters. The summed E-state index contributed by atoms with van der Waals surface area (Å²) in [5, 5.41) is 4.12. The van der Waals surface area contributed by atoms with Crippen LogP contribution in [0.5, 0.6) is 5.75 Å². The van der Waals surface area contributed by atoms with Gasteiger partial charge in [-0.05, 0) is 36.4 Å². The lowest BCUT2D eigenvalue weighted by molar-refractivity contribution is -0.189. The van der Waals surface area contributed by atoms with Crippen LogP contribution < -0.4 is 10.1 Å². The van der Waals surface area contributed by atoms with Crippen LogP contribution in [0.2, 0.25) is 10.0 Å². The molecule has 0 saturated carbocycles. The lowest BCUT2D eigenvalue weighted by Gasteiger charge is -2.30. The molecule has 152 valence electrons. The maximum absolute atomic E-state index is 6.48.